The van der Waals surface area contributed by atoms with Gasteiger partial charge >= 0.3 is 12.1 Å². The normalized spacial score (nSPS) is 13.2. The van der Waals surface area contributed by atoms with Crippen molar-refractivity contribution in [3.8, 4) is 23.1 Å². The highest BCUT2D eigenvalue weighted by molar-refractivity contribution is 6.10. The van der Waals surface area contributed by atoms with E-state index in [2.05, 4.69) is 5.32 Å². The van der Waals surface area contributed by atoms with Gasteiger partial charge < -0.3 is 29.5 Å². The van der Waals surface area contributed by atoms with E-state index >= 15 is 0 Å². The highest BCUT2D eigenvalue weighted by atomic mass is 19.4. The van der Waals surface area contributed by atoms with Crippen LogP contribution in [0, 0.1) is 12.7 Å². The van der Waals surface area contributed by atoms with Crippen LogP contribution in [0.3, 0.4) is 0 Å². The number of alkyl halides is 3. The quantitative estimate of drug-likeness (QED) is 0.174. The standard InChI is InChI=1S/C30H32FN3O4.C2HF3O2/c1-21-12-13-22(31)20-27(21)38-30-28(29(35)33-16-14-32-15-17-33)23-8-3-4-9-24(23)34(30)25-10-5-6-11-26(25)37-19-7-18-36-2;3-2(4,5)1(6)7/h3-6,8-13,20,32H,7,14-19H2,1-2H3;(H,6,7). The average Bonchev–Trinajstić information content (AvgIpc) is 3.34. The van der Waals surface area contributed by atoms with Crippen molar-refractivity contribution in [2.45, 2.75) is 19.5 Å². The lowest BCUT2D eigenvalue weighted by atomic mass is 10.1. The van der Waals surface area contributed by atoms with Gasteiger partial charge in [0.15, 0.2) is 0 Å². The van der Waals surface area contributed by atoms with Crippen molar-refractivity contribution in [1.82, 2.24) is 14.8 Å². The summed E-state index contributed by atoms with van der Waals surface area (Å²) < 4.78 is 65.7. The van der Waals surface area contributed by atoms with Gasteiger partial charge in [-0.2, -0.15) is 13.2 Å². The van der Waals surface area contributed by atoms with E-state index in [9.17, 15) is 22.4 Å². The first-order valence-corrected chi connectivity index (χ1v) is 14.1. The molecule has 0 atom stereocenters. The Balaban J connectivity index is 0.000000591. The molecule has 4 aromatic rings. The third kappa shape index (κ3) is 8.11. The van der Waals surface area contributed by atoms with Crippen molar-refractivity contribution in [3.63, 3.8) is 0 Å². The maximum Gasteiger partial charge on any atom is 0.490 e. The molecule has 0 aliphatic carbocycles. The summed E-state index contributed by atoms with van der Waals surface area (Å²) in [6.45, 7) is 5.54. The van der Waals surface area contributed by atoms with E-state index in [1.807, 2.05) is 64.9 Å². The minimum atomic E-state index is -5.08. The maximum atomic E-state index is 14.3. The van der Waals surface area contributed by atoms with Crippen molar-refractivity contribution in [2.24, 2.45) is 0 Å². The molecule has 9 nitrogen and oxygen atoms in total. The number of fused-ring (bicyclic) bond motifs is 1. The highest BCUT2D eigenvalue weighted by Gasteiger charge is 2.38. The summed E-state index contributed by atoms with van der Waals surface area (Å²) in [4.78, 5) is 24.8. The predicted molar refractivity (Wildman–Crippen MR) is 159 cm³/mol. The lowest BCUT2D eigenvalue weighted by Crippen LogP contribution is -2.46. The molecule has 45 heavy (non-hydrogen) atoms. The number of hydrogen-bond acceptors (Lipinski definition) is 6. The fourth-order valence-electron chi connectivity index (χ4n) is 4.72. The van der Waals surface area contributed by atoms with E-state index in [1.165, 1.54) is 12.1 Å². The molecule has 1 aromatic heterocycles. The number of carbonyl (C=O) groups excluding carboxylic acids is 1. The first kappa shape index (κ1) is 33.3. The van der Waals surface area contributed by atoms with Crippen LogP contribution < -0.4 is 14.8 Å². The van der Waals surface area contributed by atoms with Crippen molar-refractivity contribution in [3.05, 3.63) is 83.7 Å². The van der Waals surface area contributed by atoms with Crippen molar-refractivity contribution in [1.29, 1.82) is 0 Å². The molecule has 1 saturated heterocycles. The zero-order chi connectivity index (χ0) is 32.6. The van der Waals surface area contributed by atoms with Crippen molar-refractivity contribution in [2.75, 3.05) is 46.5 Å². The van der Waals surface area contributed by atoms with E-state index < -0.39 is 18.0 Å². The number of benzene rings is 3. The van der Waals surface area contributed by atoms with Crippen molar-refractivity contribution < 1.29 is 46.5 Å². The second kappa shape index (κ2) is 14.9. The van der Waals surface area contributed by atoms with Crippen LogP contribution in [0.15, 0.2) is 66.7 Å². The number of carboxylic acids is 1. The van der Waals surface area contributed by atoms with Gasteiger partial charge in [-0.05, 0) is 36.8 Å². The number of ether oxygens (including phenoxy) is 3. The molecule has 0 bridgehead atoms. The summed E-state index contributed by atoms with van der Waals surface area (Å²) in [7, 11) is 1.66. The van der Waals surface area contributed by atoms with Crippen LogP contribution in [0.25, 0.3) is 16.6 Å². The molecule has 1 aliphatic rings. The number of carbonyl (C=O) groups is 2. The molecule has 0 unspecified atom stereocenters. The zero-order valence-electron chi connectivity index (χ0n) is 24.7. The third-order valence-electron chi connectivity index (χ3n) is 6.91. The summed E-state index contributed by atoms with van der Waals surface area (Å²) in [5.41, 5.74) is 2.72. The number of hydrogen-bond donors (Lipinski definition) is 2. The number of nitrogens with zero attached hydrogens (tertiary/aromatic N) is 2. The topological polar surface area (TPSA) is 102 Å². The van der Waals surface area contributed by atoms with Crippen LogP contribution in [-0.4, -0.2) is 79.1 Å². The predicted octanol–water partition coefficient (Wildman–Crippen LogP) is 5.96. The van der Waals surface area contributed by atoms with Gasteiger partial charge in [-0.3, -0.25) is 9.36 Å². The molecule has 0 radical (unpaired) electrons. The van der Waals surface area contributed by atoms with Gasteiger partial charge in [0.05, 0.1) is 17.8 Å². The molecule has 240 valence electrons. The molecular formula is C32H33F4N3O6. The number of aromatic nitrogens is 1. The van der Waals surface area contributed by atoms with Crippen LogP contribution in [0.1, 0.15) is 22.3 Å². The number of rotatable bonds is 9. The first-order chi connectivity index (χ1) is 21.5. The maximum absolute atomic E-state index is 14.3. The summed E-state index contributed by atoms with van der Waals surface area (Å²) in [6.07, 6.45) is -4.35. The second-order valence-corrected chi connectivity index (χ2v) is 10.1. The fourth-order valence-corrected chi connectivity index (χ4v) is 4.72. The molecule has 1 amide bonds. The van der Waals surface area contributed by atoms with Gasteiger partial charge in [-0.1, -0.05) is 36.4 Å². The van der Waals surface area contributed by atoms with E-state index in [4.69, 9.17) is 24.1 Å². The molecule has 2 heterocycles. The number of amides is 1. The van der Waals surface area contributed by atoms with E-state index in [1.54, 1.807) is 13.2 Å². The molecule has 5 rings (SSSR count). The summed E-state index contributed by atoms with van der Waals surface area (Å²) >= 11 is 0. The smallest absolute Gasteiger partial charge is 0.490 e. The van der Waals surface area contributed by atoms with Crippen LogP contribution in [0.2, 0.25) is 0 Å². The number of aliphatic carboxylic acids is 1. The van der Waals surface area contributed by atoms with Crippen LogP contribution in [0.4, 0.5) is 17.6 Å². The monoisotopic (exact) mass is 631 g/mol. The largest absolute Gasteiger partial charge is 0.491 e. The Bertz CT molecular complexity index is 1630. The highest BCUT2D eigenvalue weighted by Crippen LogP contribution is 2.41. The molecule has 2 N–H and O–H groups in total. The van der Waals surface area contributed by atoms with Gasteiger partial charge in [0, 0.05) is 57.8 Å². The molecule has 0 spiro atoms. The lowest BCUT2D eigenvalue weighted by Gasteiger charge is -2.27. The van der Waals surface area contributed by atoms with Gasteiger partial charge in [-0.15, -0.1) is 0 Å². The van der Waals surface area contributed by atoms with Crippen molar-refractivity contribution >= 4 is 22.8 Å². The Morgan fingerprint density at radius 2 is 1.62 bits per heavy atom. The van der Waals surface area contributed by atoms with Crippen LogP contribution in [-0.2, 0) is 9.53 Å². The first-order valence-electron chi connectivity index (χ1n) is 14.1. The molecule has 1 aliphatic heterocycles. The Hall–Kier alpha value is -4.62. The number of carboxylic acid groups (broad SMARTS) is 1. The zero-order valence-corrected chi connectivity index (χ0v) is 24.7. The second-order valence-electron chi connectivity index (χ2n) is 10.1. The van der Waals surface area contributed by atoms with E-state index in [0.29, 0.717) is 49.2 Å². The molecule has 3 aromatic carbocycles. The van der Waals surface area contributed by atoms with Crippen LogP contribution in [0.5, 0.6) is 17.4 Å². The molecule has 0 saturated carbocycles. The number of nitrogens with one attached hydrogen (secondary N) is 1. The minimum absolute atomic E-state index is 0.121. The van der Waals surface area contributed by atoms with Crippen LogP contribution >= 0.6 is 0 Å². The van der Waals surface area contributed by atoms with E-state index in [0.717, 1.165) is 41.7 Å². The van der Waals surface area contributed by atoms with E-state index in [-0.39, 0.29) is 5.91 Å². The Morgan fingerprint density at radius 1 is 0.956 bits per heavy atom. The summed E-state index contributed by atoms with van der Waals surface area (Å²) in [6, 6.07) is 19.8. The number of aryl methyl sites for hydroxylation is 1. The van der Waals surface area contributed by atoms with Gasteiger partial charge in [0.1, 0.15) is 22.9 Å². The molecule has 1 fully saturated rings. The number of halogens is 4. The van der Waals surface area contributed by atoms with Gasteiger partial charge in [-0.25, -0.2) is 9.18 Å². The summed E-state index contributed by atoms with van der Waals surface area (Å²) in [5.74, 6) is -1.97. The lowest BCUT2D eigenvalue weighted by molar-refractivity contribution is -0.192. The average molecular weight is 632 g/mol. The minimum Gasteiger partial charge on any atom is -0.491 e. The third-order valence-corrected chi connectivity index (χ3v) is 6.91. The summed E-state index contributed by atoms with van der Waals surface area (Å²) in [5, 5.41) is 11.2. The van der Waals surface area contributed by atoms with Gasteiger partial charge in [0.2, 0.25) is 5.88 Å². The SMILES string of the molecule is COCCCOc1ccccc1-n1c(Oc2cc(F)ccc2C)c(C(=O)N2CCNCC2)c2ccccc21.O=C(O)C(F)(F)F. The Labute approximate surface area is 256 Å². The number of piperazine rings is 1. The fraction of sp³-hybridized carbons (Fsp3) is 0.312. The Morgan fingerprint density at radius 3 is 2.31 bits per heavy atom. The molecular weight excluding hydrogens is 598 g/mol. The van der Waals surface area contributed by atoms with Gasteiger partial charge in [0.25, 0.3) is 5.91 Å². The Kier molecular flexibility index (Phi) is 11.0. The number of methoxy groups -OCH3 is 1. The number of para-hydroxylation sites is 3. The molecule has 13 heteroatoms.